The van der Waals surface area contributed by atoms with Crippen LogP contribution in [-0.2, 0) is 16.8 Å². The van der Waals surface area contributed by atoms with Gasteiger partial charge in [0.25, 0.3) is 5.91 Å². The Morgan fingerprint density at radius 1 is 1.16 bits per heavy atom. The smallest absolute Gasteiger partial charge is 0.255 e. The van der Waals surface area contributed by atoms with Gasteiger partial charge in [0, 0.05) is 30.2 Å². The van der Waals surface area contributed by atoms with Crippen LogP contribution in [0, 0.1) is 13.8 Å². The lowest BCUT2D eigenvalue weighted by molar-refractivity contribution is 0.0487. The first kappa shape index (κ1) is 22.4. The van der Waals surface area contributed by atoms with Gasteiger partial charge in [-0.25, -0.2) is 0 Å². The summed E-state index contributed by atoms with van der Waals surface area (Å²) in [6.07, 6.45) is 1.63. The summed E-state index contributed by atoms with van der Waals surface area (Å²) in [6.45, 7) is 5.81. The highest BCUT2D eigenvalue weighted by atomic mass is 35.5. The number of rotatable bonds is 7. The number of hydrogen-bond donors (Lipinski definition) is 1. The Kier molecular flexibility index (Phi) is 6.82. The van der Waals surface area contributed by atoms with Gasteiger partial charge in [-0.05, 0) is 56.5 Å². The fourth-order valence-corrected chi connectivity index (χ4v) is 4.32. The van der Waals surface area contributed by atoms with Crippen LogP contribution in [0.4, 0.5) is 0 Å². The number of carbonyl (C=O) groups excluding carboxylic acids is 1. The number of halogens is 1. The first-order valence-corrected chi connectivity index (χ1v) is 11.1. The van der Waals surface area contributed by atoms with Gasteiger partial charge in [-0.1, -0.05) is 41.0 Å². The lowest BCUT2D eigenvalue weighted by Crippen LogP contribution is -2.44. The molecule has 168 valence electrons. The Hall–Kier alpha value is -2.83. The van der Waals surface area contributed by atoms with Crippen molar-refractivity contribution in [3.8, 4) is 5.75 Å². The van der Waals surface area contributed by atoms with Gasteiger partial charge in [0.15, 0.2) is 0 Å². The van der Waals surface area contributed by atoms with Crippen LogP contribution in [0.25, 0.3) is 0 Å². The summed E-state index contributed by atoms with van der Waals surface area (Å²) in [6, 6.07) is 15.1. The summed E-state index contributed by atoms with van der Waals surface area (Å²) < 4.78 is 16.8. The quantitative estimate of drug-likeness (QED) is 0.543. The van der Waals surface area contributed by atoms with Gasteiger partial charge in [-0.15, -0.1) is 0 Å². The number of aromatic nitrogens is 1. The summed E-state index contributed by atoms with van der Waals surface area (Å²) in [5.41, 5.74) is 3.07. The maximum Gasteiger partial charge on any atom is 0.255 e. The van der Waals surface area contributed by atoms with Gasteiger partial charge >= 0.3 is 0 Å². The molecular formula is C25H27ClN2O4. The van der Waals surface area contributed by atoms with E-state index in [1.54, 1.807) is 12.1 Å². The van der Waals surface area contributed by atoms with Crippen molar-refractivity contribution >= 4 is 17.5 Å². The second-order valence-corrected chi connectivity index (χ2v) is 8.61. The van der Waals surface area contributed by atoms with Crippen molar-refractivity contribution in [3.05, 3.63) is 81.7 Å². The van der Waals surface area contributed by atoms with Crippen molar-refractivity contribution in [2.45, 2.75) is 38.7 Å². The van der Waals surface area contributed by atoms with Gasteiger partial charge in [-0.2, -0.15) is 0 Å². The molecule has 2 aromatic carbocycles. The highest BCUT2D eigenvalue weighted by molar-refractivity contribution is 6.30. The van der Waals surface area contributed by atoms with E-state index in [-0.39, 0.29) is 17.9 Å². The van der Waals surface area contributed by atoms with E-state index in [0.717, 1.165) is 29.7 Å². The molecule has 4 rings (SSSR count). The van der Waals surface area contributed by atoms with Crippen LogP contribution in [0.3, 0.4) is 0 Å². The average Bonchev–Trinajstić information content (AvgIpc) is 3.14. The number of amides is 1. The van der Waals surface area contributed by atoms with Crippen molar-refractivity contribution in [1.82, 2.24) is 10.5 Å². The largest absolute Gasteiger partial charge is 0.488 e. The molecule has 1 amide bonds. The summed E-state index contributed by atoms with van der Waals surface area (Å²) in [5, 5.41) is 7.78. The van der Waals surface area contributed by atoms with E-state index in [4.69, 9.17) is 25.6 Å². The molecule has 1 aliphatic rings. The van der Waals surface area contributed by atoms with Gasteiger partial charge in [0.05, 0.1) is 16.8 Å². The van der Waals surface area contributed by atoms with Gasteiger partial charge in [0.2, 0.25) is 0 Å². The lowest BCUT2D eigenvalue weighted by atomic mass is 9.74. The first-order valence-electron chi connectivity index (χ1n) is 10.7. The predicted molar refractivity (Wildman–Crippen MR) is 122 cm³/mol. The van der Waals surface area contributed by atoms with Crippen LogP contribution in [0.1, 0.15) is 45.8 Å². The van der Waals surface area contributed by atoms with Crippen LogP contribution in [0.2, 0.25) is 5.02 Å². The SMILES string of the molecule is Cc1noc(C)c1COc1ccccc1C(=O)NCC1(c2cccc(Cl)c2)CCOCC1. The predicted octanol–water partition coefficient (Wildman–Crippen LogP) is 5.00. The third-order valence-corrected chi connectivity index (χ3v) is 6.39. The normalized spacial score (nSPS) is 15.3. The van der Waals surface area contributed by atoms with Crippen LogP contribution < -0.4 is 10.1 Å². The third kappa shape index (κ3) is 4.81. The van der Waals surface area contributed by atoms with Crippen molar-refractivity contribution in [3.63, 3.8) is 0 Å². The van der Waals surface area contributed by atoms with E-state index in [1.165, 1.54) is 0 Å². The average molecular weight is 455 g/mol. The molecule has 1 N–H and O–H groups in total. The minimum Gasteiger partial charge on any atom is -0.488 e. The monoisotopic (exact) mass is 454 g/mol. The second-order valence-electron chi connectivity index (χ2n) is 8.17. The molecule has 0 spiro atoms. The molecule has 1 aromatic heterocycles. The van der Waals surface area contributed by atoms with Gasteiger partial charge in [-0.3, -0.25) is 4.79 Å². The number of para-hydroxylation sites is 1. The maximum absolute atomic E-state index is 13.2. The Balaban J connectivity index is 1.50. The summed E-state index contributed by atoms with van der Waals surface area (Å²) >= 11 is 6.26. The van der Waals surface area contributed by atoms with Crippen molar-refractivity contribution in [2.75, 3.05) is 19.8 Å². The molecule has 0 aliphatic carbocycles. The Morgan fingerprint density at radius 2 is 1.94 bits per heavy atom. The second kappa shape index (κ2) is 9.76. The standard InChI is InChI=1S/C25H27ClN2O4/c1-17-22(18(2)32-28-17)15-31-23-9-4-3-8-21(23)24(29)27-16-25(10-12-30-13-11-25)19-6-5-7-20(26)14-19/h3-9,14H,10-13,15-16H2,1-2H3,(H,27,29). The van der Waals surface area contributed by atoms with Crippen LogP contribution in [-0.4, -0.2) is 30.8 Å². The summed E-state index contributed by atoms with van der Waals surface area (Å²) in [5.74, 6) is 1.06. The molecule has 0 bridgehead atoms. The molecule has 7 heteroatoms. The number of ether oxygens (including phenoxy) is 2. The molecule has 0 unspecified atom stereocenters. The number of aryl methyl sites for hydroxylation is 2. The zero-order valence-corrected chi connectivity index (χ0v) is 19.1. The van der Waals surface area contributed by atoms with E-state index in [9.17, 15) is 4.79 Å². The highest BCUT2D eigenvalue weighted by Gasteiger charge is 2.35. The molecule has 2 heterocycles. The molecule has 0 saturated carbocycles. The fraction of sp³-hybridized carbons (Fsp3) is 0.360. The Morgan fingerprint density at radius 3 is 2.66 bits per heavy atom. The number of nitrogens with one attached hydrogen (secondary N) is 1. The molecule has 1 aliphatic heterocycles. The zero-order valence-electron chi connectivity index (χ0n) is 18.3. The number of carbonyl (C=O) groups is 1. The minimum atomic E-state index is -0.217. The third-order valence-electron chi connectivity index (χ3n) is 6.16. The molecular weight excluding hydrogens is 428 g/mol. The first-order chi connectivity index (χ1) is 15.5. The molecule has 1 saturated heterocycles. The van der Waals surface area contributed by atoms with Gasteiger partial charge < -0.3 is 19.3 Å². The van der Waals surface area contributed by atoms with Crippen molar-refractivity contribution in [2.24, 2.45) is 0 Å². The maximum atomic E-state index is 13.2. The molecule has 0 radical (unpaired) electrons. The summed E-state index contributed by atoms with van der Waals surface area (Å²) in [7, 11) is 0. The Bertz CT molecular complexity index is 1070. The topological polar surface area (TPSA) is 73.6 Å². The van der Waals surface area contributed by atoms with E-state index in [0.29, 0.717) is 41.9 Å². The number of nitrogens with zero attached hydrogens (tertiary/aromatic N) is 1. The summed E-state index contributed by atoms with van der Waals surface area (Å²) in [4.78, 5) is 13.2. The molecule has 32 heavy (non-hydrogen) atoms. The van der Waals surface area contributed by atoms with E-state index < -0.39 is 0 Å². The zero-order chi connectivity index (χ0) is 22.6. The van der Waals surface area contributed by atoms with Crippen LogP contribution in [0.5, 0.6) is 5.75 Å². The van der Waals surface area contributed by atoms with Crippen LogP contribution >= 0.6 is 11.6 Å². The van der Waals surface area contributed by atoms with Crippen molar-refractivity contribution < 1.29 is 18.8 Å². The molecule has 3 aromatic rings. The van der Waals surface area contributed by atoms with Gasteiger partial charge in [0.1, 0.15) is 18.1 Å². The number of benzene rings is 2. The highest BCUT2D eigenvalue weighted by Crippen LogP contribution is 2.35. The molecule has 1 fully saturated rings. The molecule has 0 atom stereocenters. The minimum absolute atomic E-state index is 0.174. The Labute approximate surface area is 192 Å². The number of hydrogen-bond acceptors (Lipinski definition) is 5. The fourth-order valence-electron chi connectivity index (χ4n) is 4.13. The van der Waals surface area contributed by atoms with Crippen LogP contribution in [0.15, 0.2) is 53.1 Å². The van der Waals surface area contributed by atoms with E-state index in [1.807, 2.05) is 44.2 Å². The molecule has 6 nitrogen and oxygen atoms in total. The lowest BCUT2D eigenvalue weighted by Gasteiger charge is -2.38. The van der Waals surface area contributed by atoms with E-state index in [2.05, 4.69) is 16.5 Å². The van der Waals surface area contributed by atoms with E-state index >= 15 is 0 Å². The van der Waals surface area contributed by atoms with Crippen molar-refractivity contribution in [1.29, 1.82) is 0 Å².